The minimum atomic E-state index is -0.519. The summed E-state index contributed by atoms with van der Waals surface area (Å²) >= 11 is 0. The van der Waals surface area contributed by atoms with Crippen molar-refractivity contribution >= 4 is 28.3 Å². The van der Waals surface area contributed by atoms with Crippen LogP contribution in [0.2, 0.25) is 0 Å². The maximum Gasteiger partial charge on any atom is 0.356 e. The van der Waals surface area contributed by atoms with E-state index >= 15 is 0 Å². The Bertz CT molecular complexity index is 1220. The maximum absolute atomic E-state index is 12.5. The second kappa shape index (κ2) is 8.20. The lowest BCUT2D eigenvalue weighted by Gasteiger charge is -2.06. The van der Waals surface area contributed by atoms with Crippen LogP contribution in [0.3, 0.4) is 0 Å². The fourth-order valence-electron chi connectivity index (χ4n) is 3.29. The van der Waals surface area contributed by atoms with E-state index in [0.29, 0.717) is 12.2 Å². The SMILES string of the molecule is CCOC(=O)c1cc(C(=O)Nc2cnn(Cc3cccc4ccccc34)c2)nn1C. The van der Waals surface area contributed by atoms with E-state index in [1.54, 1.807) is 31.0 Å². The number of aryl methyl sites for hydroxylation is 1. The third-order valence-corrected chi connectivity index (χ3v) is 4.70. The predicted octanol–water partition coefficient (Wildman–Crippen LogP) is 3.25. The number of hydrogen-bond donors (Lipinski definition) is 1. The summed E-state index contributed by atoms with van der Waals surface area (Å²) in [5, 5.41) is 13.5. The summed E-state index contributed by atoms with van der Waals surface area (Å²) < 4.78 is 8.06. The average Bonchev–Trinajstić information content (AvgIpc) is 3.35. The van der Waals surface area contributed by atoms with Crippen LogP contribution < -0.4 is 5.32 Å². The van der Waals surface area contributed by atoms with Crippen molar-refractivity contribution in [2.45, 2.75) is 13.5 Å². The third-order valence-electron chi connectivity index (χ3n) is 4.70. The van der Waals surface area contributed by atoms with Crippen molar-refractivity contribution in [3.05, 3.63) is 77.9 Å². The number of aromatic nitrogens is 4. The zero-order valence-electron chi connectivity index (χ0n) is 16.7. The number of nitrogens with one attached hydrogen (secondary N) is 1. The van der Waals surface area contributed by atoms with E-state index in [1.807, 2.05) is 18.2 Å². The highest BCUT2D eigenvalue weighted by molar-refractivity contribution is 6.04. The second-order valence-electron chi connectivity index (χ2n) is 6.78. The Hall–Kier alpha value is -3.94. The average molecular weight is 403 g/mol. The molecule has 4 rings (SSSR count). The van der Waals surface area contributed by atoms with Gasteiger partial charge in [0.1, 0.15) is 5.69 Å². The molecule has 0 aliphatic carbocycles. The number of nitrogens with zero attached hydrogens (tertiary/aromatic N) is 4. The molecule has 0 unspecified atom stereocenters. The van der Waals surface area contributed by atoms with Gasteiger partial charge in [-0.1, -0.05) is 42.5 Å². The van der Waals surface area contributed by atoms with Crippen LogP contribution in [0.4, 0.5) is 5.69 Å². The molecule has 0 saturated heterocycles. The molecule has 0 radical (unpaired) electrons. The van der Waals surface area contributed by atoms with E-state index in [0.717, 1.165) is 5.56 Å². The lowest BCUT2D eigenvalue weighted by atomic mass is 10.0. The standard InChI is InChI=1S/C22H21N5O3/c1-3-30-22(29)20-11-19(25-26(20)2)21(28)24-17-12-23-27(14-17)13-16-9-6-8-15-7-4-5-10-18(15)16/h4-12,14H,3,13H2,1-2H3,(H,24,28). The van der Waals surface area contributed by atoms with E-state index in [2.05, 4.69) is 39.8 Å². The first kappa shape index (κ1) is 19.4. The first-order valence-corrected chi connectivity index (χ1v) is 9.56. The summed E-state index contributed by atoms with van der Waals surface area (Å²) in [7, 11) is 1.59. The molecule has 2 heterocycles. The van der Waals surface area contributed by atoms with E-state index in [-0.39, 0.29) is 18.0 Å². The Kier molecular flexibility index (Phi) is 5.30. The predicted molar refractivity (Wildman–Crippen MR) is 112 cm³/mol. The fourth-order valence-corrected chi connectivity index (χ4v) is 3.29. The summed E-state index contributed by atoms with van der Waals surface area (Å²) in [6.07, 6.45) is 3.34. The van der Waals surface area contributed by atoms with Crippen LogP contribution >= 0.6 is 0 Å². The van der Waals surface area contributed by atoms with Gasteiger partial charge in [-0.2, -0.15) is 10.2 Å². The van der Waals surface area contributed by atoms with Gasteiger partial charge in [-0.05, 0) is 23.3 Å². The molecular weight excluding hydrogens is 382 g/mol. The van der Waals surface area contributed by atoms with Gasteiger partial charge in [0.15, 0.2) is 5.69 Å². The number of anilines is 1. The van der Waals surface area contributed by atoms with E-state index in [9.17, 15) is 9.59 Å². The molecule has 1 amide bonds. The molecular formula is C22H21N5O3. The molecule has 2 aromatic heterocycles. The molecule has 0 bridgehead atoms. The smallest absolute Gasteiger partial charge is 0.356 e. The number of benzene rings is 2. The first-order chi connectivity index (χ1) is 14.5. The van der Waals surface area contributed by atoms with E-state index in [4.69, 9.17) is 4.74 Å². The van der Waals surface area contributed by atoms with Crippen molar-refractivity contribution in [3.8, 4) is 0 Å². The Morgan fingerprint density at radius 2 is 1.93 bits per heavy atom. The molecule has 8 heteroatoms. The van der Waals surface area contributed by atoms with Gasteiger partial charge in [-0.3, -0.25) is 14.2 Å². The van der Waals surface area contributed by atoms with Gasteiger partial charge < -0.3 is 10.1 Å². The molecule has 0 fully saturated rings. The summed E-state index contributed by atoms with van der Waals surface area (Å²) in [6.45, 7) is 2.55. The zero-order valence-corrected chi connectivity index (χ0v) is 16.7. The van der Waals surface area contributed by atoms with Crippen molar-refractivity contribution in [1.82, 2.24) is 19.6 Å². The molecule has 8 nitrogen and oxygen atoms in total. The number of ether oxygens (including phenoxy) is 1. The summed E-state index contributed by atoms with van der Waals surface area (Å²) in [6, 6.07) is 15.7. The van der Waals surface area contributed by atoms with Gasteiger partial charge >= 0.3 is 5.97 Å². The van der Waals surface area contributed by atoms with Crippen LogP contribution in [0, 0.1) is 0 Å². The lowest BCUT2D eigenvalue weighted by molar-refractivity contribution is 0.0513. The van der Waals surface area contributed by atoms with Gasteiger partial charge in [0.05, 0.1) is 25.0 Å². The number of carbonyl (C=O) groups excluding carboxylic acids is 2. The Morgan fingerprint density at radius 3 is 2.77 bits per heavy atom. The molecule has 0 saturated carbocycles. The van der Waals surface area contributed by atoms with Gasteiger partial charge in [0.2, 0.25) is 0 Å². The topological polar surface area (TPSA) is 91.0 Å². The number of carbonyl (C=O) groups is 2. The van der Waals surface area contributed by atoms with Crippen LogP contribution in [0.1, 0.15) is 33.5 Å². The highest BCUT2D eigenvalue weighted by Crippen LogP contribution is 2.20. The monoisotopic (exact) mass is 403 g/mol. The van der Waals surface area contributed by atoms with Crippen LogP contribution in [-0.2, 0) is 18.3 Å². The van der Waals surface area contributed by atoms with Crippen LogP contribution in [-0.4, -0.2) is 38.0 Å². The summed E-state index contributed by atoms with van der Waals surface area (Å²) in [5.74, 6) is -0.944. The van der Waals surface area contributed by atoms with Crippen LogP contribution in [0.25, 0.3) is 10.8 Å². The largest absolute Gasteiger partial charge is 0.461 e. The van der Waals surface area contributed by atoms with Crippen molar-refractivity contribution < 1.29 is 14.3 Å². The molecule has 1 N–H and O–H groups in total. The minimum absolute atomic E-state index is 0.127. The van der Waals surface area contributed by atoms with Crippen LogP contribution in [0.15, 0.2) is 60.9 Å². The number of esters is 1. The number of hydrogen-bond acceptors (Lipinski definition) is 5. The lowest BCUT2D eigenvalue weighted by Crippen LogP contribution is -2.12. The van der Waals surface area contributed by atoms with Gasteiger partial charge in [-0.25, -0.2) is 4.79 Å². The minimum Gasteiger partial charge on any atom is -0.461 e. The summed E-state index contributed by atoms with van der Waals surface area (Å²) in [5.41, 5.74) is 2.03. The molecule has 2 aromatic carbocycles. The molecule has 30 heavy (non-hydrogen) atoms. The molecule has 0 aliphatic heterocycles. The molecule has 0 spiro atoms. The molecule has 152 valence electrons. The normalized spacial score (nSPS) is 10.9. The van der Waals surface area contributed by atoms with Crippen molar-refractivity contribution in [2.24, 2.45) is 7.05 Å². The zero-order chi connectivity index (χ0) is 21.1. The quantitative estimate of drug-likeness (QED) is 0.499. The van der Waals surface area contributed by atoms with Gasteiger partial charge in [0, 0.05) is 19.3 Å². The Morgan fingerprint density at radius 1 is 1.13 bits per heavy atom. The Balaban J connectivity index is 1.48. The number of amides is 1. The van der Waals surface area contributed by atoms with Crippen molar-refractivity contribution in [2.75, 3.05) is 11.9 Å². The second-order valence-corrected chi connectivity index (χ2v) is 6.78. The molecule has 0 aliphatic rings. The summed E-state index contributed by atoms with van der Waals surface area (Å²) in [4.78, 5) is 24.4. The van der Waals surface area contributed by atoms with E-state index < -0.39 is 11.9 Å². The van der Waals surface area contributed by atoms with Crippen molar-refractivity contribution in [1.29, 1.82) is 0 Å². The molecule has 0 atom stereocenters. The first-order valence-electron chi connectivity index (χ1n) is 9.56. The van der Waals surface area contributed by atoms with Crippen molar-refractivity contribution in [3.63, 3.8) is 0 Å². The molecule has 4 aromatic rings. The van der Waals surface area contributed by atoms with E-state index in [1.165, 1.54) is 21.5 Å². The van der Waals surface area contributed by atoms with Gasteiger partial charge in [-0.15, -0.1) is 0 Å². The number of fused-ring (bicyclic) bond motifs is 1. The highest BCUT2D eigenvalue weighted by Gasteiger charge is 2.19. The Labute approximate surface area is 173 Å². The van der Waals surface area contributed by atoms with Crippen LogP contribution in [0.5, 0.6) is 0 Å². The maximum atomic E-state index is 12.5. The number of rotatable bonds is 6. The highest BCUT2D eigenvalue weighted by atomic mass is 16.5. The fraction of sp³-hybridized carbons (Fsp3) is 0.182. The third kappa shape index (κ3) is 3.93. The van der Waals surface area contributed by atoms with Gasteiger partial charge in [0.25, 0.3) is 5.91 Å².